The van der Waals surface area contributed by atoms with Crippen LogP contribution in [-0.2, 0) is 0 Å². The van der Waals surface area contributed by atoms with Gasteiger partial charge in [-0.2, -0.15) is 0 Å². The number of rotatable bonds is 5. The molecule has 1 atom stereocenters. The minimum absolute atomic E-state index is 0.0520. The van der Waals surface area contributed by atoms with Crippen molar-refractivity contribution < 1.29 is 35.1 Å². The van der Waals surface area contributed by atoms with Crippen molar-refractivity contribution in [2.24, 2.45) is 0 Å². The first kappa shape index (κ1) is 16.4. The van der Waals surface area contributed by atoms with E-state index in [1.54, 1.807) is 0 Å². The molecule has 2 aromatic rings. The van der Waals surface area contributed by atoms with Gasteiger partial charge in [-0.15, -0.1) is 0 Å². The summed E-state index contributed by atoms with van der Waals surface area (Å²) in [5.41, 5.74) is 0.0659. The number of benzene rings is 2. The highest BCUT2D eigenvalue weighted by molar-refractivity contribution is 5.99. The summed E-state index contributed by atoms with van der Waals surface area (Å²) in [6.07, 6.45) is -1.69. The SMILES string of the molecule is COc1c(O)cc([C@H](O)CC(=O)c2ccc(O)cc2O)cc1O. The van der Waals surface area contributed by atoms with Crippen LogP contribution in [0.3, 0.4) is 0 Å². The van der Waals surface area contributed by atoms with Crippen molar-refractivity contribution in [3.8, 4) is 28.7 Å². The van der Waals surface area contributed by atoms with Gasteiger partial charge in [-0.25, -0.2) is 0 Å². The standard InChI is InChI=1S/C16H16O7/c1-23-16-14(21)4-8(5-15(16)22)11(18)7-13(20)10-3-2-9(17)6-12(10)19/h2-6,11,17-19,21-22H,7H2,1H3/t11-/m1/s1. The summed E-state index contributed by atoms with van der Waals surface area (Å²) in [5.74, 6) is -2.04. The van der Waals surface area contributed by atoms with Crippen molar-refractivity contribution in [3.05, 3.63) is 41.5 Å². The van der Waals surface area contributed by atoms with Gasteiger partial charge in [0.25, 0.3) is 0 Å². The lowest BCUT2D eigenvalue weighted by Crippen LogP contribution is -2.07. The smallest absolute Gasteiger partial charge is 0.202 e. The monoisotopic (exact) mass is 320 g/mol. The number of aliphatic hydroxyl groups is 1. The maximum Gasteiger partial charge on any atom is 0.202 e. The van der Waals surface area contributed by atoms with Crippen LogP contribution in [-0.4, -0.2) is 38.4 Å². The van der Waals surface area contributed by atoms with Crippen LogP contribution in [0, 0.1) is 0 Å². The molecule has 0 aromatic heterocycles. The fourth-order valence-corrected chi connectivity index (χ4v) is 2.18. The molecular weight excluding hydrogens is 304 g/mol. The Balaban J connectivity index is 2.21. The van der Waals surface area contributed by atoms with Crippen molar-refractivity contribution >= 4 is 5.78 Å². The number of hydrogen-bond donors (Lipinski definition) is 5. The van der Waals surface area contributed by atoms with Crippen molar-refractivity contribution in [2.75, 3.05) is 7.11 Å². The van der Waals surface area contributed by atoms with Gasteiger partial charge in [-0.05, 0) is 29.8 Å². The second-order valence-electron chi connectivity index (χ2n) is 4.94. The van der Waals surface area contributed by atoms with E-state index >= 15 is 0 Å². The molecule has 5 N–H and O–H groups in total. The Morgan fingerprint density at radius 2 is 1.65 bits per heavy atom. The quantitative estimate of drug-likeness (QED) is 0.532. The molecule has 0 spiro atoms. The highest BCUT2D eigenvalue weighted by atomic mass is 16.5. The van der Waals surface area contributed by atoms with Crippen LogP contribution in [0.1, 0.15) is 28.4 Å². The minimum Gasteiger partial charge on any atom is -0.508 e. The number of phenolic OH excluding ortho intramolecular Hbond substituents is 4. The Bertz CT molecular complexity index is 716. The lowest BCUT2D eigenvalue weighted by molar-refractivity contribution is 0.0876. The number of ether oxygens (including phenoxy) is 1. The van der Waals surface area contributed by atoms with Crippen molar-refractivity contribution in [2.45, 2.75) is 12.5 Å². The van der Waals surface area contributed by atoms with Crippen LogP contribution >= 0.6 is 0 Å². The number of hydrogen-bond acceptors (Lipinski definition) is 7. The van der Waals surface area contributed by atoms with Gasteiger partial charge in [0.15, 0.2) is 17.3 Å². The van der Waals surface area contributed by atoms with E-state index < -0.39 is 17.6 Å². The second-order valence-corrected chi connectivity index (χ2v) is 4.94. The predicted molar refractivity (Wildman–Crippen MR) is 80.0 cm³/mol. The molecule has 0 heterocycles. The average molecular weight is 320 g/mol. The third kappa shape index (κ3) is 3.46. The van der Waals surface area contributed by atoms with Gasteiger partial charge in [-0.3, -0.25) is 4.79 Å². The molecule has 0 unspecified atom stereocenters. The highest BCUT2D eigenvalue weighted by Gasteiger charge is 2.20. The van der Waals surface area contributed by atoms with E-state index in [4.69, 9.17) is 4.74 Å². The van der Waals surface area contributed by atoms with E-state index in [-0.39, 0.29) is 40.5 Å². The van der Waals surface area contributed by atoms with Gasteiger partial charge >= 0.3 is 0 Å². The largest absolute Gasteiger partial charge is 0.508 e. The highest BCUT2D eigenvalue weighted by Crippen LogP contribution is 2.39. The second kappa shape index (κ2) is 6.45. The molecule has 0 radical (unpaired) electrons. The van der Waals surface area contributed by atoms with E-state index in [0.29, 0.717) is 0 Å². The summed E-state index contributed by atoms with van der Waals surface area (Å²) in [6.45, 7) is 0. The van der Waals surface area contributed by atoms with E-state index in [2.05, 4.69) is 0 Å². The molecule has 0 aliphatic heterocycles. The van der Waals surface area contributed by atoms with Gasteiger partial charge in [0.05, 0.1) is 18.8 Å². The molecule has 7 heteroatoms. The summed E-state index contributed by atoms with van der Waals surface area (Å²) < 4.78 is 4.78. The van der Waals surface area contributed by atoms with E-state index in [0.717, 1.165) is 6.07 Å². The van der Waals surface area contributed by atoms with E-state index in [1.165, 1.54) is 31.4 Å². The Kier molecular flexibility index (Phi) is 4.61. The zero-order chi connectivity index (χ0) is 17.1. The van der Waals surface area contributed by atoms with Gasteiger partial charge in [-0.1, -0.05) is 0 Å². The first-order valence-electron chi connectivity index (χ1n) is 6.66. The number of aromatic hydroxyl groups is 4. The third-order valence-corrected chi connectivity index (χ3v) is 3.32. The van der Waals surface area contributed by atoms with Crippen molar-refractivity contribution in [1.29, 1.82) is 0 Å². The van der Waals surface area contributed by atoms with Crippen LogP contribution in [0.5, 0.6) is 28.7 Å². The lowest BCUT2D eigenvalue weighted by atomic mass is 9.99. The zero-order valence-electron chi connectivity index (χ0n) is 12.2. The molecule has 0 amide bonds. The van der Waals surface area contributed by atoms with Gasteiger partial charge in [0.2, 0.25) is 5.75 Å². The van der Waals surface area contributed by atoms with Crippen LogP contribution in [0.25, 0.3) is 0 Å². The molecule has 0 fully saturated rings. The normalized spacial score (nSPS) is 11.9. The number of ketones is 1. The first-order chi connectivity index (χ1) is 10.8. The summed E-state index contributed by atoms with van der Waals surface area (Å²) >= 11 is 0. The molecule has 23 heavy (non-hydrogen) atoms. The average Bonchev–Trinajstić information content (AvgIpc) is 2.46. The molecule has 0 aliphatic carbocycles. The summed E-state index contributed by atoms with van der Waals surface area (Å²) in [5, 5.41) is 48.3. The van der Waals surface area contributed by atoms with Crippen LogP contribution in [0.15, 0.2) is 30.3 Å². The van der Waals surface area contributed by atoms with Crippen LogP contribution < -0.4 is 4.74 Å². The number of aliphatic hydroxyl groups excluding tert-OH is 1. The van der Waals surface area contributed by atoms with Crippen molar-refractivity contribution in [1.82, 2.24) is 0 Å². The molecule has 0 bridgehead atoms. The number of phenols is 4. The summed E-state index contributed by atoms with van der Waals surface area (Å²) in [6, 6.07) is 5.85. The fraction of sp³-hybridized carbons (Fsp3) is 0.188. The third-order valence-electron chi connectivity index (χ3n) is 3.32. The maximum absolute atomic E-state index is 12.1. The van der Waals surface area contributed by atoms with Crippen molar-refractivity contribution in [3.63, 3.8) is 0 Å². The maximum atomic E-state index is 12.1. The minimum atomic E-state index is -1.31. The molecule has 122 valence electrons. The first-order valence-corrected chi connectivity index (χ1v) is 6.66. The molecular formula is C16H16O7. The Morgan fingerprint density at radius 1 is 1.04 bits per heavy atom. The van der Waals surface area contributed by atoms with Crippen LogP contribution in [0.4, 0.5) is 0 Å². The van der Waals surface area contributed by atoms with E-state index in [9.17, 15) is 30.3 Å². The topological polar surface area (TPSA) is 127 Å². The fourth-order valence-electron chi connectivity index (χ4n) is 2.18. The lowest BCUT2D eigenvalue weighted by Gasteiger charge is -2.14. The molecule has 0 saturated carbocycles. The number of carbonyl (C=O) groups is 1. The molecule has 2 aromatic carbocycles. The number of methoxy groups -OCH3 is 1. The zero-order valence-corrected chi connectivity index (χ0v) is 12.2. The Labute approximate surface area is 131 Å². The Morgan fingerprint density at radius 3 is 2.17 bits per heavy atom. The molecule has 0 aliphatic rings. The molecule has 2 rings (SSSR count). The summed E-state index contributed by atoms with van der Waals surface area (Å²) in [4.78, 5) is 12.1. The van der Waals surface area contributed by atoms with Crippen LogP contribution in [0.2, 0.25) is 0 Å². The molecule has 0 saturated heterocycles. The number of carbonyl (C=O) groups excluding carboxylic acids is 1. The predicted octanol–water partition coefficient (Wildman–Crippen LogP) is 1.82. The van der Waals surface area contributed by atoms with Gasteiger partial charge in [0.1, 0.15) is 11.5 Å². The molecule has 7 nitrogen and oxygen atoms in total. The Hall–Kier alpha value is -2.93. The summed E-state index contributed by atoms with van der Waals surface area (Å²) in [7, 11) is 1.27. The van der Waals surface area contributed by atoms with Gasteiger partial charge in [0, 0.05) is 12.5 Å². The number of Topliss-reactive ketones (excluding diaryl/α,β-unsaturated/α-hetero) is 1. The van der Waals surface area contributed by atoms with Gasteiger partial charge < -0.3 is 30.3 Å². The van der Waals surface area contributed by atoms with E-state index in [1.807, 2.05) is 0 Å².